The average Bonchev–Trinajstić information content (AvgIpc) is 3.13. The molecule has 154 valence electrons. The molecule has 0 aliphatic carbocycles. The molecule has 2 amide bonds. The number of hydrogen-bond acceptors (Lipinski definition) is 6. The maximum atomic E-state index is 12.4. The van der Waals surface area contributed by atoms with Crippen molar-refractivity contribution >= 4 is 57.2 Å². The van der Waals surface area contributed by atoms with Crippen molar-refractivity contribution in [1.82, 2.24) is 14.9 Å². The Morgan fingerprint density at radius 1 is 1.13 bits per heavy atom. The van der Waals surface area contributed by atoms with Crippen molar-refractivity contribution in [1.29, 1.82) is 0 Å². The summed E-state index contributed by atoms with van der Waals surface area (Å²) in [5, 5.41) is 7.00. The highest BCUT2D eigenvalue weighted by Crippen LogP contribution is 2.29. The molecule has 2 N–H and O–H groups in total. The zero-order chi connectivity index (χ0) is 21.1. The normalized spacial score (nSPS) is 13.5. The number of hydrogen-bond donors (Lipinski definition) is 2. The van der Waals surface area contributed by atoms with E-state index in [2.05, 4.69) is 20.6 Å². The van der Waals surface area contributed by atoms with Crippen LogP contribution in [0.3, 0.4) is 0 Å². The van der Waals surface area contributed by atoms with E-state index in [-0.39, 0.29) is 18.4 Å². The number of nitrogens with zero attached hydrogens (tertiary/aromatic N) is 3. The van der Waals surface area contributed by atoms with Crippen LogP contribution in [0.4, 0.5) is 10.8 Å². The van der Waals surface area contributed by atoms with Gasteiger partial charge in [-0.2, -0.15) is 0 Å². The number of fused-ring (bicyclic) bond motifs is 1. The maximum Gasteiger partial charge on any atom is 0.276 e. The van der Waals surface area contributed by atoms with Gasteiger partial charge in [0.2, 0.25) is 5.91 Å². The fourth-order valence-corrected chi connectivity index (χ4v) is 4.42. The Labute approximate surface area is 187 Å². The second-order valence-electron chi connectivity index (χ2n) is 6.70. The van der Waals surface area contributed by atoms with Gasteiger partial charge in [0.1, 0.15) is 5.69 Å². The van der Waals surface area contributed by atoms with Gasteiger partial charge >= 0.3 is 0 Å². The Kier molecular flexibility index (Phi) is 6.29. The van der Waals surface area contributed by atoms with E-state index in [0.717, 1.165) is 10.6 Å². The summed E-state index contributed by atoms with van der Waals surface area (Å²) in [6.07, 6.45) is 2.29. The molecule has 0 saturated heterocycles. The topological polar surface area (TPSA) is 87.2 Å². The first-order valence-corrected chi connectivity index (χ1v) is 10.7. The van der Waals surface area contributed by atoms with E-state index in [1.54, 1.807) is 42.6 Å². The summed E-state index contributed by atoms with van der Waals surface area (Å²) in [5.74, 6) is -0.426. The number of nitrogens with one attached hydrogen (secondary N) is 2. The molecule has 0 radical (unpaired) electrons. The van der Waals surface area contributed by atoms with Gasteiger partial charge in [0.15, 0.2) is 5.13 Å². The lowest BCUT2D eigenvalue weighted by atomic mass is 10.2. The monoisotopic (exact) mass is 461 g/mol. The van der Waals surface area contributed by atoms with Gasteiger partial charge in [-0.1, -0.05) is 29.3 Å². The Bertz CT molecular complexity index is 1090. The number of rotatable bonds is 5. The van der Waals surface area contributed by atoms with Crippen LogP contribution in [0, 0.1) is 0 Å². The molecule has 0 fully saturated rings. The van der Waals surface area contributed by atoms with Gasteiger partial charge in [0.25, 0.3) is 5.91 Å². The van der Waals surface area contributed by atoms with Crippen molar-refractivity contribution in [2.45, 2.75) is 13.0 Å². The first-order chi connectivity index (χ1) is 14.5. The molecule has 0 unspecified atom stereocenters. The molecule has 2 aromatic heterocycles. The average molecular weight is 462 g/mol. The van der Waals surface area contributed by atoms with Crippen molar-refractivity contribution < 1.29 is 9.59 Å². The van der Waals surface area contributed by atoms with Crippen LogP contribution in [0.1, 0.15) is 21.1 Å². The number of carbonyl (C=O) groups excluding carboxylic acids is 2. The fourth-order valence-electron chi connectivity index (χ4n) is 3.07. The molecular weight excluding hydrogens is 445 g/mol. The predicted molar refractivity (Wildman–Crippen MR) is 118 cm³/mol. The second-order valence-corrected chi connectivity index (χ2v) is 8.59. The number of aromatic nitrogens is 2. The van der Waals surface area contributed by atoms with E-state index in [4.69, 9.17) is 23.2 Å². The maximum absolute atomic E-state index is 12.4. The number of halogens is 2. The van der Waals surface area contributed by atoms with Crippen molar-refractivity contribution in [2.75, 3.05) is 23.7 Å². The summed E-state index contributed by atoms with van der Waals surface area (Å²) < 4.78 is 0. The Hall–Kier alpha value is -2.52. The van der Waals surface area contributed by atoms with Crippen LogP contribution in [0.25, 0.3) is 0 Å². The van der Waals surface area contributed by atoms with Crippen molar-refractivity contribution in [2.24, 2.45) is 0 Å². The quantitative estimate of drug-likeness (QED) is 0.597. The molecule has 1 aromatic carbocycles. The fraction of sp³-hybridized carbons (Fsp3) is 0.200. The zero-order valence-corrected chi connectivity index (χ0v) is 18.0. The first kappa shape index (κ1) is 20.7. The molecule has 0 spiro atoms. The molecule has 4 rings (SSSR count). The van der Waals surface area contributed by atoms with E-state index >= 15 is 0 Å². The van der Waals surface area contributed by atoms with E-state index in [1.165, 1.54) is 11.3 Å². The molecule has 0 atom stereocenters. The van der Waals surface area contributed by atoms with Crippen LogP contribution < -0.4 is 10.6 Å². The van der Waals surface area contributed by atoms with E-state index in [9.17, 15) is 9.59 Å². The highest BCUT2D eigenvalue weighted by atomic mass is 35.5. The molecule has 3 heterocycles. The lowest BCUT2D eigenvalue weighted by molar-refractivity contribution is -0.117. The zero-order valence-electron chi connectivity index (χ0n) is 15.7. The number of amides is 2. The summed E-state index contributed by atoms with van der Waals surface area (Å²) in [6.45, 7) is 1.55. The first-order valence-electron chi connectivity index (χ1n) is 9.16. The van der Waals surface area contributed by atoms with Crippen LogP contribution in [-0.2, 0) is 17.8 Å². The SMILES string of the molecule is O=C(CN1CCc2nc(NC(=O)c3ccccn3)sc2C1)Nc1ccc(Cl)c(Cl)c1. The Morgan fingerprint density at radius 3 is 2.77 bits per heavy atom. The van der Waals surface area contributed by atoms with Gasteiger partial charge in [0.05, 0.1) is 22.3 Å². The van der Waals surface area contributed by atoms with Gasteiger partial charge in [-0.15, -0.1) is 11.3 Å². The third-order valence-electron chi connectivity index (χ3n) is 4.50. The molecule has 10 heteroatoms. The number of thiazole rings is 1. The predicted octanol–water partition coefficient (Wildman–Crippen LogP) is 4.09. The molecule has 1 aliphatic rings. The second kappa shape index (κ2) is 9.09. The third kappa shape index (κ3) is 4.96. The van der Waals surface area contributed by atoms with E-state index < -0.39 is 0 Å². The van der Waals surface area contributed by atoms with Gasteiger partial charge in [-0.3, -0.25) is 24.8 Å². The smallest absolute Gasteiger partial charge is 0.276 e. The molecule has 0 saturated carbocycles. The standard InChI is InChI=1S/C20H17Cl2N5O2S/c21-13-5-4-12(9-14(13)22)24-18(28)11-27-8-6-15-17(10-27)30-20(25-15)26-19(29)16-3-1-2-7-23-16/h1-5,7,9H,6,8,10-11H2,(H,24,28)(H,25,26,29). The third-order valence-corrected chi connectivity index (χ3v) is 6.24. The minimum absolute atomic E-state index is 0.134. The van der Waals surface area contributed by atoms with Crippen LogP contribution in [0.2, 0.25) is 10.0 Å². The lowest BCUT2D eigenvalue weighted by Crippen LogP contribution is -2.36. The van der Waals surface area contributed by atoms with Crippen molar-refractivity contribution in [3.63, 3.8) is 0 Å². The highest BCUT2D eigenvalue weighted by Gasteiger charge is 2.23. The number of pyridine rings is 1. The molecule has 3 aromatic rings. The summed E-state index contributed by atoms with van der Waals surface area (Å²) >= 11 is 13.3. The van der Waals surface area contributed by atoms with Crippen LogP contribution in [-0.4, -0.2) is 39.8 Å². The molecule has 1 aliphatic heterocycles. The molecule has 30 heavy (non-hydrogen) atoms. The summed E-state index contributed by atoms with van der Waals surface area (Å²) in [6, 6.07) is 10.1. The number of anilines is 2. The summed E-state index contributed by atoms with van der Waals surface area (Å²) in [4.78, 5) is 36.3. The highest BCUT2D eigenvalue weighted by molar-refractivity contribution is 7.15. The van der Waals surface area contributed by atoms with Crippen LogP contribution in [0.5, 0.6) is 0 Å². The van der Waals surface area contributed by atoms with Crippen LogP contribution in [0.15, 0.2) is 42.6 Å². The van der Waals surface area contributed by atoms with Gasteiger partial charge < -0.3 is 5.32 Å². The number of carbonyl (C=O) groups is 2. The Morgan fingerprint density at radius 2 is 2.00 bits per heavy atom. The molecular formula is C20H17Cl2N5O2S. The number of benzene rings is 1. The minimum Gasteiger partial charge on any atom is -0.325 e. The summed E-state index contributed by atoms with van der Waals surface area (Å²) in [5.41, 5.74) is 1.90. The van der Waals surface area contributed by atoms with Gasteiger partial charge in [-0.05, 0) is 30.3 Å². The minimum atomic E-state index is -0.292. The van der Waals surface area contributed by atoms with E-state index in [1.807, 2.05) is 4.90 Å². The Balaban J connectivity index is 1.35. The van der Waals surface area contributed by atoms with Gasteiger partial charge in [0, 0.05) is 36.3 Å². The molecule has 0 bridgehead atoms. The van der Waals surface area contributed by atoms with Crippen LogP contribution >= 0.6 is 34.5 Å². The largest absolute Gasteiger partial charge is 0.325 e. The van der Waals surface area contributed by atoms with Crippen molar-refractivity contribution in [3.8, 4) is 0 Å². The lowest BCUT2D eigenvalue weighted by Gasteiger charge is -2.25. The van der Waals surface area contributed by atoms with Crippen molar-refractivity contribution in [3.05, 3.63) is 68.9 Å². The van der Waals surface area contributed by atoms with Gasteiger partial charge in [-0.25, -0.2) is 4.98 Å². The van der Waals surface area contributed by atoms with E-state index in [0.29, 0.717) is 46.1 Å². The summed E-state index contributed by atoms with van der Waals surface area (Å²) in [7, 11) is 0. The molecule has 7 nitrogen and oxygen atoms in total.